The number of carboxylic acid groups (broad SMARTS) is 1. The average molecular weight is 331 g/mol. The molecular formula is C11H7ClN2O2S3. The van der Waals surface area contributed by atoms with Crippen molar-refractivity contribution in [2.75, 3.05) is 0 Å². The van der Waals surface area contributed by atoms with Crippen molar-refractivity contribution in [1.29, 1.82) is 0 Å². The van der Waals surface area contributed by atoms with E-state index in [1.807, 2.05) is 24.3 Å². The SMILES string of the molecule is O=C(O)/C=C/Sc1ccc(/N=c2\ssnc2Cl)cc1. The molecule has 0 amide bonds. The van der Waals surface area contributed by atoms with Crippen LogP contribution in [0.1, 0.15) is 0 Å². The zero-order chi connectivity index (χ0) is 13.7. The quantitative estimate of drug-likeness (QED) is 0.526. The largest absolute Gasteiger partial charge is 0.478 e. The molecule has 0 saturated heterocycles. The lowest BCUT2D eigenvalue weighted by atomic mass is 10.3. The molecule has 2 aromatic rings. The van der Waals surface area contributed by atoms with E-state index in [1.165, 1.54) is 38.0 Å². The maximum atomic E-state index is 10.3. The van der Waals surface area contributed by atoms with Crippen LogP contribution in [0.15, 0.2) is 45.6 Å². The van der Waals surface area contributed by atoms with Crippen LogP contribution in [0.4, 0.5) is 5.69 Å². The third kappa shape index (κ3) is 4.46. The Hall–Kier alpha value is -1.15. The fourth-order valence-electron chi connectivity index (χ4n) is 1.11. The van der Waals surface area contributed by atoms with E-state index in [0.29, 0.717) is 9.82 Å². The van der Waals surface area contributed by atoms with Gasteiger partial charge in [-0.25, -0.2) is 9.79 Å². The van der Waals surface area contributed by atoms with E-state index in [2.05, 4.69) is 9.37 Å². The number of thioether (sulfide) groups is 1. The molecule has 1 heterocycles. The molecule has 1 aromatic carbocycles. The Bertz CT molecular complexity index is 661. The van der Waals surface area contributed by atoms with Gasteiger partial charge in [-0.05, 0) is 40.0 Å². The number of hydrogen-bond acceptors (Lipinski definition) is 6. The van der Waals surface area contributed by atoms with Crippen LogP contribution in [0.2, 0.25) is 5.15 Å². The summed E-state index contributed by atoms with van der Waals surface area (Å²) in [5.74, 6) is -0.958. The summed E-state index contributed by atoms with van der Waals surface area (Å²) in [6.45, 7) is 0. The van der Waals surface area contributed by atoms with Gasteiger partial charge in [0.15, 0.2) is 9.82 Å². The van der Waals surface area contributed by atoms with Crippen molar-refractivity contribution < 1.29 is 9.90 Å². The van der Waals surface area contributed by atoms with Crippen LogP contribution in [0.5, 0.6) is 0 Å². The Labute approximate surface area is 125 Å². The number of nitrogens with zero attached hydrogens (tertiary/aromatic N) is 2. The van der Waals surface area contributed by atoms with Crippen LogP contribution >= 0.6 is 44.2 Å². The lowest BCUT2D eigenvalue weighted by Gasteiger charge is -1.96. The molecule has 0 radical (unpaired) electrons. The highest BCUT2D eigenvalue weighted by Gasteiger charge is 1.98. The predicted octanol–water partition coefficient (Wildman–Crippen LogP) is 3.78. The Balaban J connectivity index is 2.11. The molecule has 0 aliphatic heterocycles. The predicted molar refractivity (Wildman–Crippen MR) is 79.3 cm³/mol. The van der Waals surface area contributed by atoms with Crippen LogP contribution in [0.25, 0.3) is 0 Å². The topological polar surface area (TPSA) is 62.5 Å². The summed E-state index contributed by atoms with van der Waals surface area (Å²) < 4.78 is 4.64. The molecule has 1 aromatic heterocycles. The van der Waals surface area contributed by atoms with Crippen LogP contribution in [0.3, 0.4) is 0 Å². The highest BCUT2D eigenvalue weighted by molar-refractivity contribution is 8.02. The molecule has 0 saturated carbocycles. The van der Waals surface area contributed by atoms with Gasteiger partial charge in [0, 0.05) is 21.5 Å². The Morgan fingerprint density at radius 2 is 2.16 bits per heavy atom. The number of benzene rings is 1. The highest BCUT2D eigenvalue weighted by atomic mass is 35.5. The first-order valence-corrected chi connectivity index (χ1v) is 8.34. The first-order valence-electron chi connectivity index (χ1n) is 4.97. The molecule has 0 fully saturated rings. The first kappa shape index (κ1) is 14.3. The second kappa shape index (κ2) is 6.85. The number of rotatable bonds is 4. The van der Waals surface area contributed by atoms with E-state index in [0.717, 1.165) is 16.7 Å². The summed E-state index contributed by atoms with van der Waals surface area (Å²) in [5.41, 5.74) is 0.782. The van der Waals surface area contributed by atoms with Crippen LogP contribution in [-0.2, 0) is 4.79 Å². The lowest BCUT2D eigenvalue weighted by molar-refractivity contribution is -0.131. The molecule has 0 aliphatic carbocycles. The molecule has 0 aliphatic rings. The Morgan fingerprint density at radius 3 is 2.74 bits per heavy atom. The number of carbonyl (C=O) groups is 1. The molecule has 0 atom stereocenters. The minimum Gasteiger partial charge on any atom is -0.478 e. The van der Waals surface area contributed by atoms with Crippen LogP contribution in [0, 0.1) is 0 Å². The molecular weight excluding hydrogens is 324 g/mol. The highest BCUT2D eigenvalue weighted by Crippen LogP contribution is 2.22. The number of halogens is 1. The fourth-order valence-corrected chi connectivity index (χ4v) is 3.74. The number of aromatic nitrogens is 1. The molecule has 98 valence electrons. The van der Waals surface area contributed by atoms with E-state index >= 15 is 0 Å². The third-order valence-corrected chi connectivity index (χ3v) is 4.88. The van der Waals surface area contributed by atoms with Gasteiger partial charge in [-0.3, -0.25) is 0 Å². The van der Waals surface area contributed by atoms with Gasteiger partial charge >= 0.3 is 5.97 Å². The van der Waals surface area contributed by atoms with Crippen LogP contribution in [-0.4, -0.2) is 15.4 Å². The lowest BCUT2D eigenvalue weighted by Crippen LogP contribution is -1.92. The average Bonchev–Trinajstić information content (AvgIpc) is 2.77. The van der Waals surface area contributed by atoms with Gasteiger partial charge < -0.3 is 5.11 Å². The second-order valence-electron chi connectivity index (χ2n) is 3.21. The normalized spacial score (nSPS) is 12.2. The summed E-state index contributed by atoms with van der Waals surface area (Å²) in [5, 5.41) is 10.4. The van der Waals surface area contributed by atoms with Crippen LogP contribution < -0.4 is 4.67 Å². The van der Waals surface area contributed by atoms with Crippen molar-refractivity contribution >= 4 is 55.9 Å². The molecule has 0 unspecified atom stereocenters. The molecule has 19 heavy (non-hydrogen) atoms. The summed E-state index contributed by atoms with van der Waals surface area (Å²) in [6.07, 6.45) is 1.10. The van der Waals surface area contributed by atoms with Crippen molar-refractivity contribution in [2.24, 2.45) is 4.99 Å². The zero-order valence-corrected chi connectivity index (χ0v) is 12.5. The van der Waals surface area contributed by atoms with Crippen molar-refractivity contribution in [3.05, 3.63) is 45.6 Å². The standard InChI is InChI=1S/C11H7ClN2O2S3/c12-10-11(18-19-14-10)13-7-1-3-8(4-2-7)17-6-5-9(15)16/h1-6H,(H,15,16)/b6-5+,13-11-. The van der Waals surface area contributed by atoms with Crippen molar-refractivity contribution in [3.63, 3.8) is 0 Å². The van der Waals surface area contributed by atoms with Gasteiger partial charge in [-0.1, -0.05) is 23.4 Å². The van der Waals surface area contributed by atoms with E-state index in [4.69, 9.17) is 16.7 Å². The number of carboxylic acids is 1. The summed E-state index contributed by atoms with van der Waals surface area (Å²) >= 11 is 7.20. The molecule has 4 nitrogen and oxygen atoms in total. The van der Waals surface area contributed by atoms with Gasteiger partial charge in [0.05, 0.1) is 5.69 Å². The number of hydrogen-bond donors (Lipinski definition) is 1. The Kier molecular flexibility index (Phi) is 5.15. The fraction of sp³-hybridized carbons (Fsp3) is 0. The van der Waals surface area contributed by atoms with Gasteiger partial charge in [0.2, 0.25) is 0 Å². The summed E-state index contributed by atoms with van der Waals surface area (Å²) in [4.78, 5) is 15.6. The zero-order valence-electron chi connectivity index (χ0n) is 9.32. The third-order valence-electron chi connectivity index (χ3n) is 1.89. The molecule has 1 N–H and O–H groups in total. The Morgan fingerprint density at radius 1 is 1.42 bits per heavy atom. The van der Waals surface area contributed by atoms with E-state index in [9.17, 15) is 4.79 Å². The van der Waals surface area contributed by atoms with Gasteiger partial charge in [0.1, 0.15) is 0 Å². The molecule has 8 heteroatoms. The molecule has 2 rings (SSSR count). The molecule has 0 bridgehead atoms. The number of aliphatic carboxylic acids is 1. The monoisotopic (exact) mass is 330 g/mol. The van der Waals surface area contributed by atoms with E-state index in [-0.39, 0.29) is 0 Å². The maximum Gasteiger partial charge on any atom is 0.328 e. The van der Waals surface area contributed by atoms with E-state index < -0.39 is 5.97 Å². The van der Waals surface area contributed by atoms with Gasteiger partial charge in [-0.2, -0.15) is 4.37 Å². The van der Waals surface area contributed by atoms with Crippen molar-refractivity contribution in [3.8, 4) is 0 Å². The van der Waals surface area contributed by atoms with Crippen molar-refractivity contribution in [1.82, 2.24) is 4.37 Å². The van der Waals surface area contributed by atoms with E-state index in [1.54, 1.807) is 0 Å². The molecule has 0 spiro atoms. The first-order chi connectivity index (χ1) is 9.15. The minimum absolute atomic E-state index is 0.415. The second-order valence-corrected chi connectivity index (χ2v) is 6.38. The smallest absolute Gasteiger partial charge is 0.328 e. The maximum absolute atomic E-state index is 10.3. The minimum atomic E-state index is -0.958. The van der Waals surface area contributed by atoms with Crippen molar-refractivity contribution in [2.45, 2.75) is 4.90 Å². The summed E-state index contributed by atoms with van der Waals surface area (Å²) in [7, 11) is 2.72. The van der Waals surface area contributed by atoms with Gasteiger partial charge in [0.25, 0.3) is 0 Å². The summed E-state index contributed by atoms with van der Waals surface area (Å²) in [6, 6.07) is 7.43. The van der Waals surface area contributed by atoms with Gasteiger partial charge in [-0.15, -0.1) is 0 Å².